The van der Waals surface area contributed by atoms with Gasteiger partial charge in [0, 0.05) is 18.9 Å². The number of nitrogens with zero attached hydrogens (tertiary/aromatic N) is 1. The monoisotopic (exact) mass is 381 g/mol. The number of carbonyl (C=O) groups excluding carboxylic acids is 1. The summed E-state index contributed by atoms with van der Waals surface area (Å²) >= 11 is 0. The molecule has 4 heteroatoms. The number of carbonyl (C=O) groups is 2. The van der Waals surface area contributed by atoms with Crippen LogP contribution >= 0.6 is 0 Å². The quantitative estimate of drug-likeness (QED) is 0.621. The second kappa shape index (κ2) is 10.2. The first-order valence-electron chi connectivity index (χ1n) is 9.90. The number of hydrogen-bond acceptors (Lipinski definition) is 3. The molecule has 1 unspecified atom stereocenters. The van der Waals surface area contributed by atoms with Crippen LogP contribution in [0.4, 0.5) is 0 Å². The average molecular weight is 382 g/mol. The summed E-state index contributed by atoms with van der Waals surface area (Å²) in [6.45, 7) is 2.10. The van der Waals surface area contributed by atoms with Crippen LogP contribution in [0.25, 0.3) is 0 Å². The van der Waals surface area contributed by atoms with Crippen molar-refractivity contribution in [2.24, 2.45) is 0 Å². The Morgan fingerprint density at radius 2 is 1.43 bits per heavy atom. The molecule has 0 saturated carbocycles. The molecule has 0 spiro atoms. The molecule has 0 aliphatic carbocycles. The van der Waals surface area contributed by atoms with Crippen molar-refractivity contribution >= 4 is 11.8 Å². The molecule has 1 N–H and O–H groups in total. The second-order valence-corrected chi connectivity index (χ2v) is 7.69. The van der Waals surface area contributed by atoms with Crippen molar-refractivity contribution in [3.63, 3.8) is 0 Å². The third-order valence-electron chi connectivity index (χ3n) is 5.63. The lowest BCUT2D eigenvalue weighted by Gasteiger charge is -2.31. The Kier molecular flexibility index (Phi) is 7.94. The van der Waals surface area contributed by atoms with E-state index in [1.165, 1.54) is 0 Å². The predicted octanol–water partition coefficient (Wildman–Crippen LogP) is 4.53. The normalized spacial score (nSPS) is 12.7. The Bertz CT molecular complexity index is 716. The van der Waals surface area contributed by atoms with Gasteiger partial charge >= 0.3 is 5.97 Å². The van der Waals surface area contributed by atoms with Gasteiger partial charge in [0.15, 0.2) is 0 Å². The van der Waals surface area contributed by atoms with E-state index in [4.69, 9.17) is 0 Å². The fourth-order valence-corrected chi connectivity index (χ4v) is 3.56. The Hall–Kier alpha value is -2.46. The van der Waals surface area contributed by atoms with E-state index in [0.717, 1.165) is 17.5 Å². The van der Waals surface area contributed by atoms with E-state index in [1.54, 1.807) is 0 Å². The summed E-state index contributed by atoms with van der Waals surface area (Å²) in [5.41, 5.74) is 0.365. The number of carboxylic acids is 1. The van der Waals surface area contributed by atoms with Gasteiger partial charge in [-0.25, -0.2) is 0 Å². The van der Waals surface area contributed by atoms with Gasteiger partial charge in [-0.15, -0.1) is 0 Å². The molecule has 0 aliphatic heterocycles. The van der Waals surface area contributed by atoms with Gasteiger partial charge in [-0.2, -0.15) is 0 Å². The Morgan fingerprint density at radius 1 is 0.929 bits per heavy atom. The van der Waals surface area contributed by atoms with Crippen molar-refractivity contribution in [2.75, 3.05) is 14.1 Å². The van der Waals surface area contributed by atoms with Crippen LogP contribution in [0.3, 0.4) is 0 Å². The maximum Gasteiger partial charge on any atom is 0.318 e. The van der Waals surface area contributed by atoms with Gasteiger partial charge < -0.3 is 10.0 Å². The fraction of sp³-hybridized carbons (Fsp3) is 0.417. The maximum atomic E-state index is 12.5. The second-order valence-electron chi connectivity index (χ2n) is 7.69. The van der Waals surface area contributed by atoms with Gasteiger partial charge in [0.25, 0.3) is 0 Å². The molecule has 28 heavy (non-hydrogen) atoms. The summed E-state index contributed by atoms with van der Waals surface area (Å²) in [7, 11) is 4.02. The van der Waals surface area contributed by atoms with Crippen molar-refractivity contribution in [1.82, 2.24) is 4.90 Å². The van der Waals surface area contributed by atoms with Gasteiger partial charge in [0.2, 0.25) is 0 Å². The molecule has 0 aromatic heterocycles. The molecule has 0 fully saturated rings. The van der Waals surface area contributed by atoms with E-state index in [-0.39, 0.29) is 5.78 Å². The number of carboxylic acid groups (broad SMARTS) is 1. The SMILES string of the molecule is CC(CCC(=O)CCCC(C(=O)O)(c1ccccc1)c1ccccc1)N(C)C. The molecule has 0 heterocycles. The molecule has 0 aliphatic rings. The third-order valence-corrected chi connectivity index (χ3v) is 5.63. The van der Waals surface area contributed by atoms with Crippen molar-refractivity contribution < 1.29 is 14.7 Å². The molecule has 0 amide bonds. The molecular weight excluding hydrogens is 350 g/mol. The van der Waals surface area contributed by atoms with E-state index in [2.05, 4.69) is 11.8 Å². The molecule has 150 valence electrons. The van der Waals surface area contributed by atoms with Crippen LogP contribution in [0.1, 0.15) is 50.2 Å². The highest BCUT2D eigenvalue weighted by molar-refractivity contribution is 5.86. The standard InChI is InChI=1S/C24H31NO3/c1-19(25(2)3)16-17-22(26)15-10-18-24(23(27)28,20-11-6-4-7-12-20)21-13-8-5-9-14-21/h4-9,11-14,19H,10,15-18H2,1-3H3,(H,27,28). The lowest BCUT2D eigenvalue weighted by atomic mass is 9.71. The first-order chi connectivity index (χ1) is 13.4. The minimum Gasteiger partial charge on any atom is -0.480 e. The first kappa shape index (κ1) is 21.8. The molecule has 4 nitrogen and oxygen atoms in total. The Labute approximate surface area is 168 Å². The Balaban J connectivity index is 2.15. The molecule has 2 rings (SSSR count). The highest BCUT2D eigenvalue weighted by Gasteiger charge is 2.41. The van der Waals surface area contributed by atoms with E-state index in [1.807, 2.05) is 74.8 Å². The van der Waals surface area contributed by atoms with Crippen molar-refractivity contribution in [2.45, 2.75) is 50.5 Å². The largest absolute Gasteiger partial charge is 0.480 e. The zero-order chi connectivity index (χ0) is 20.6. The number of rotatable bonds is 11. The maximum absolute atomic E-state index is 12.5. The number of benzene rings is 2. The highest BCUT2D eigenvalue weighted by atomic mass is 16.4. The van der Waals surface area contributed by atoms with E-state index >= 15 is 0 Å². The van der Waals surface area contributed by atoms with Gasteiger partial charge in [-0.05, 0) is 51.4 Å². The van der Waals surface area contributed by atoms with Crippen molar-refractivity contribution in [1.29, 1.82) is 0 Å². The molecule has 0 radical (unpaired) electrons. The summed E-state index contributed by atoms with van der Waals surface area (Å²) in [6.07, 6.45) is 2.72. The van der Waals surface area contributed by atoms with E-state index in [9.17, 15) is 14.7 Å². The molecule has 2 aromatic rings. The minimum absolute atomic E-state index is 0.203. The lowest BCUT2D eigenvalue weighted by molar-refractivity contribution is -0.142. The van der Waals surface area contributed by atoms with Crippen molar-refractivity contribution in [3.05, 3.63) is 71.8 Å². The topological polar surface area (TPSA) is 57.6 Å². The van der Waals surface area contributed by atoms with Crippen LogP contribution in [-0.2, 0) is 15.0 Å². The minimum atomic E-state index is -1.14. The number of ketones is 1. The zero-order valence-electron chi connectivity index (χ0n) is 17.1. The zero-order valence-corrected chi connectivity index (χ0v) is 17.1. The summed E-state index contributed by atoms with van der Waals surface area (Å²) in [5, 5.41) is 10.2. The van der Waals surface area contributed by atoms with Gasteiger partial charge in [-0.1, -0.05) is 60.7 Å². The van der Waals surface area contributed by atoms with Crippen LogP contribution < -0.4 is 0 Å². The molecule has 1 atom stereocenters. The first-order valence-corrected chi connectivity index (χ1v) is 9.90. The fourth-order valence-electron chi connectivity index (χ4n) is 3.56. The van der Waals surface area contributed by atoms with E-state index < -0.39 is 11.4 Å². The average Bonchev–Trinajstić information content (AvgIpc) is 2.70. The lowest BCUT2D eigenvalue weighted by Crippen LogP contribution is -2.37. The summed E-state index contributed by atoms with van der Waals surface area (Å²) in [4.78, 5) is 26.9. The smallest absolute Gasteiger partial charge is 0.318 e. The van der Waals surface area contributed by atoms with Crippen molar-refractivity contribution in [3.8, 4) is 0 Å². The summed E-state index contributed by atoms with van der Waals surface area (Å²) < 4.78 is 0. The van der Waals surface area contributed by atoms with E-state index in [0.29, 0.717) is 31.7 Å². The third kappa shape index (κ3) is 5.29. The summed E-state index contributed by atoms with van der Waals surface area (Å²) in [5.74, 6) is -0.673. The number of hydrogen-bond donors (Lipinski definition) is 1. The summed E-state index contributed by atoms with van der Waals surface area (Å²) in [6, 6.07) is 19.0. The number of Topliss-reactive ketones (excluding diaryl/α,β-unsaturated/α-hetero) is 1. The molecule has 0 saturated heterocycles. The van der Waals surface area contributed by atoms with Crippen LogP contribution in [0, 0.1) is 0 Å². The van der Waals surface area contributed by atoms with Gasteiger partial charge in [0.1, 0.15) is 11.2 Å². The van der Waals surface area contributed by atoms with Crippen LogP contribution in [0.15, 0.2) is 60.7 Å². The van der Waals surface area contributed by atoms with Gasteiger partial charge in [0.05, 0.1) is 0 Å². The van der Waals surface area contributed by atoms with Gasteiger partial charge in [-0.3, -0.25) is 9.59 Å². The predicted molar refractivity (Wildman–Crippen MR) is 113 cm³/mol. The Morgan fingerprint density at radius 3 is 1.86 bits per heavy atom. The van der Waals surface area contributed by atoms with Crippen LogP contribution in [0.5, 0.6) is 0 Å². The molecule has 0 bridgehead atoms. The highest BCUT2D eigenvalue weighted by Crippen LogP contribution is 2.37. The number of aliphatic carboxylic acids is 1. The molecular formula is C24H31NO3. The van der Waals surface area contributed by atoms with Crippen LogP contribution in [-0.4, -0.2) is 41.9 Å². The molecule has 2 aromatic carbocycles. The van der Waals surface area contributed by atoms with Crippen LogP contribution in [0.2, 0.25) is 0 Å².